The molecule has 1 aliphatic carbocycles. The minimum atomic E-state index is 0.229. The number of rotatable bonds is 2. The van der Waals surface area contributed by atoms with Crippen molar-refractivity contribution < 1.29 is 4.79 Å². The Labute approximate surface area is 110 Å². The number of likely N-dealkylation sites (tertiary alicyclic amines) is 1. The molecule has 102 valence electrons. The van der Waals surface area contributed by atoms with Crippen LogP contribution >= 0.6 is 0 Å². The molecule has 1 saturated carbocycles. The molecule has 0 aromatic carbocycles. The van der Waals surface area contributed by atoms with Gasteiger partial charge in [0.2, 0.25) is 5.91 Å². The van der Waals surface area contributed by atoms with Crippen LogP contribution < -0.4 is 5.32 Å². The molecule has 1 amide bonds. The van der Waals surface area contributed by atoms with E-state index in [4.69, 9.17) is 0 Å². The number of nitrogens with zero attached hydrogens (tertiary/aromatic N) is 1. The van der Waals surface area contributed by atoms with Crippen molar-refractivity contribution in [3.63, 3.8) is 0 Å². The van der Waals surface area contributed by atoms with Crippen LogP contribution in [0.2, 0.25) is 0 Å². The average molecular weight is 250 g/mol. The second-order valence-electron chi connectivity index (χ2n) is 6.49. The van der Waals surface area contributed by atoms with Gasteiger partial charge in [0.1, 0.15) is 0 Å². The molecule has 2 saturated heterocycles. The molecule has 3 aliphatic rings. The van der Waals surface area contributed by atoms with E-state index in [2.05, 4.69) is 17.1 Å². The van der Waals surface area contributed by atoms with Gasteiger partial charge in [-0.3, -0.25) is 4.79 Å². The Hall–Kier alpha value is -0.570. The lowest BCUT2D eigenvalue weighted by Gasteiger charge is -2.46. The molecular formula is C15H26N2O. The van der Waals surface area contributed by atoms with E-state index < -0.39 is 0 Å². The minimum absolute atomic E-state index is 0.229. The van der Waals surface area contributed by atoms with E-state index in [9.17, 15) is 4.79 Å². The highest BCUT2D eigenvalue weighted by molar-refractivity contribution is 5.79. The first kappa shape index (κ1) is 12.5. The molecule has 0 spiro atoms. The summed E-state index contributed by atoms with van der Waals surface area (Å²) in [5.41, 5.74) is 0. The van der Waals surface area contributed by atoms with E-state index in [0.717, 1.165) is 25.6 Å². The van der Waals surface area contributed by atoms with Crippen LogP contribution in [-0.2, 0) is 4.79 Å². The summed E-state index contributed by atoms with van der Waals surface area (Å²) in [5.74, 6) is 2.06. The number of fused-ring (bicyclic) bond motifs is 1. The largest absolute Gasteiger partial charge is 0.339 e. The van der Waals surface area contributed by atoms with Crippen LogP contribution in [0.15, 0.2) is 0 Å². The van der Waals surface area contributed by atoms with Gasteiger partial charge in [-0.05, 0) is 50.6 Å². The molecule has 0 radical (unpaired) electrons. The average Bonchev–Trinajstić information content (AvgIpc) is 2.35. The van der Waals surface area contributed by atoms with Gasteiger partial charge in [0, 0.05) is 18.5 Å². The molecule has 3 unspecified atom stereocenters. The molecule has 0 aromatic heterocycles. The fraction of sp³-hybridized carbons (Fsp3) is 0.933. The quantitative estimate of drug-likeness (QED) is 0.813. The van der Waals surface area contributed by atoms with Crippen LogP contribution in [0.25, 0.3) is 0 Å². The van der Waals surface area contributed by atoms with Crippen molar-refractivity contribution in [1.29, 1.82) is 0 Å². The Morgan fingerprint density at radius 3 is 2.61 bits per heavy atom. The SMILES string of the molecule is CC(C(=O)N1CCCC2CCCCC21)C1CNC1. The number of carbonyl (C=O) groups is 1. The third-order valence-electron chi connectivity index (χ3n) is 5.44. The van der Waals surface area contributed by atoms with Gasteiger partial charge in [0.15, 0.2) is 0 Å². The van der Waals surface area contributed by atoms with Gasteiger partial charge in [-0.2, -0.15) is 0 Å². The minimum Gasteiger partial charge on any atom is -0.339 e. The lowest BCUT2D eigenvalue weighted by molar-refractivity contribution is -0.143. The van der Waals surface area contributed by atoms with Crippen LogP contribution in [0.4, 0.5) is 0 Å². The van der Waals surface area contributed by atoms with Crippen LogP contribution in [0.3, 0.4) is 0 Å². The molecule has 0 aromatic rings. The maximum absolute atomic E-state index is 12.7. The number of amides is 1. The Bertz CT molecular complexity index is 312. The molecule has 18 heavy (non-hydrogen) atoms. The zero-order valence-electron chi connectivity index (χ0n) is 11.5. The van der Waals surface area contributed by atoms with E-state index in [1.54, 1.807) is 0 Å². The van der Waals surface area contributed by atoms with E-state index >= 15 is 0 Å². The summed E-state index contributed by atoms with van der Waals surface area (Å²) >= 11 is 0. The number of nitrogens with one attached hydrogen (secondary N) is 1. The normalized spacial score (nSPS) is 34.6. The van der Waals surface area contributed by atoms with Gasteiger partial charge in [0.05, 0.1) is 0 Å². The van der Waals surface area contributed by atoms with E-state index in [0.29, 0.717) is 17.9 Å². The molecule has 3 atom stereocenters. The van der Waals surface area contributed by atoms with Crippen molar-refractivity contribution in [3.8, 4) is 0 Å². The van der Waals surface area contributed by atoms with Gasteiger partial charge in [-0.1, -0.05) is 19.8 Å². The highest BCUT2D eigenvalue weighted by atomic mass is 16.2. The van der Waals surface area contributed by atoms with Gasteiger partial charge in [-0.25, -0.2) is 0 Å². The molecular weight excluding hydrogens is 224 g/mol. The van der Waals surface area contributed by atoms with Gasteiger partial charge >= 0.3 is 0 Å². The highest BCUT2D eigenvalue weighted by Gasteiger charge is 2.39. The zero-order valence-corrected chi connectivity index (χ0v) is 11.5. The molecule has 3 rings (SSSR count). The van der Waals surface area contributed by atoms with Gasteiger partial charge in [0.25, 0.3) is 0 Å². The molecule has 3 heteroatoms. The maximum atomic E-state index is 12.7. The summed E-state index contributed by atoms with van der Waals surface area (Å²) in [6.45, 7) is 5.23. The number of carbonyl (C=O) groups excluding carboxylic acids is 1. The number of piperidine rings is 1. The maximum Gasteiger partial charge on any atom is 0.226 e. The highest BCUT2D eigenvalue weighted by Crippen LogP contribution is 2.36. The number of hydrogen-bond donors (Lipinski definition) is 1. The molecule has 2 aliphatic heterocycles. The summed E-state index contributed by atoms with van der Waals surface area (Å²) in [7, 11) is 0. The van der Waals surface area contributed by atoms with Crippen molar-refractivity contribution in [2.75, 3.05) is 19.6 Å². The third kappa shape index (κ3) is 2.18. The lowest BCUT2D eigenvalue weighted by Crippen LogP contribution is -2.55. The first-order chi connectivity index (χ1) is 8.77. The van der Waals surface area contributed by atoms with Crippen LogP contribution in [0, 0.1) is 17.8 Å². The second-order valence-corrected chi connectivity index (χ2v) is 6.49. The molecule has 1 N–H and O–H groups in total. The predicted octanol–water partition coefficient (Wildman–Crippen LogP) is 2.02. The predicted molar refractivity (Wildman–Crippen MR) is 72.2 cm³/mol. The summed E-state index contributed by atoms with van der Waals surface area (Å²) in [6.07, 6.45) is 7.89. The van der Waals surface area contributed by atoms with Gasteiger partial charge < -0.3 is 10.2 Å². The summed E-state index contributed by atoms with van der Waals surface area (Å²) in [5, 5.41) is 3.29. The molecule has 2 heterocycles. The number of hydrogen-bond acceptors (Lipinski definition) is 2. The van der Waals surface area contributed by atoms with Crippen molar-refractivity contribution in [2.45, 2.75) is 51.5 Å². The van der Waals surface area contributed by atoms with E-state index in [1.165, 1.54) is 38.5 Å². The fourth-order valence-electron chi connectivity index (χ4n) is 4.03. The summed E-state index contributed by atoms with van der Waals surface area (Å²) in [6, 6.07) is 0.579. The summed E-state index contributed by atoms with van der Waals surface area (Å²) < 4.78 is 0. The topological polar surface area (TPSA) is 32.3 Å². The Kier molecular flexibility index (Phi) is 3.60. The Morgan fingerprint density at radius 2 is 1.89 bits per heavy atom. The lowest BCUT2D eigenvalue weighted by atomic mass is 9.77. The van der Waals surface area contributed by atoms with Crippen molar-refractivity contribution in [1.82, 2.24) is 10.2 Å². The van der Waals surface area contributed by atoms with Crippen LogP contribution in [0.1, 0.15) is 45.4 Å². The van der Waals surface area contributed by atoms with Gasteiger partial charge in [-0.15, -0.1) is 0 Å². The standard InChI is InChI=1S/C15H26N2O/c1-11(13-9-16-10-13)15(18)17-8-4-6-12-5-2-3-7-14(12)17/h11-14,16H,2-10H2,1H3. The van der Waals surface area contributed by atoms with Crippen LogP contribution in [-0.4, -0.2) is 36.5 Å². The van der Waals surface area contributed by atoms with E-state index in [-0.39, 0.29) is 5.92 Å². The molecule has 0 bridgehead atoms. The monoisotopic (exact) mass is 250 g/mol. The molecule has 3 nitrogen and oxygen atoms in total. The Morgan fingerprint density at radius 1 is 1.17 bits per heavy atom. The summed E-state index contributed by atoms with van der Waals surface area (Å²) in [4.78, 5) is 14.9. The third-order valence-corrected chi connectivity index (χ3v) is 5.44. The first-order valence-electron chi connectivity index (χ1n) is 7.78. The first-order valence-corrected chi connectivity index (χ1v) is 7.78. The second kappa shape index (κ2) is 5.20. The van der Waals surface area contributed by atoms with E-state index in [1.807, 2.05) is 0 Å². The zero-order chi connectivity index (χ0) is 12.5. The fourth-order valence-corrected chi connectivity index (χ4v) is 4.03. The van der Waals surface area contributed by atoms with Crippen molar-refractivity contribution in [2.24, 2.45) is 17.8 Å². The smallest absolute Gasteiger partial charge is 0.226 e. The molecule has 3 fully saturated rings. The van der Waals surface area contributed by atoms with Crippen molar-refractivity contribution >= 4 is 5.91 Å². The van der Waals surface area contributed by atoms with Crippen molar-refractivity contribution in [3.05, 3.63) is 0 Å². The van der Waals surface area contributed by atoms with Crippen LogP contribution in [0.5, 0.6) is 0 Å². The Balaban J connectivity index is 1.67.